The van der Waals surface area contributed by atoms with Crippen molar-refractivity contribution in [1.82, 2.24) is 15.0 Å². The number of H-pyrrole nitrogens is 1. The molecule has 0 saturated carbocycles. The molecule has 3 aromatic rings. The van der Waals surface area contributed by atoms with Gasteiger partial charge in [0, 0.05) is 11.8 Å². The van der Waals surface area contributed by atoms with Gasteiger partial charge >= 0.3 is 0 Å². The van der Waals surface area contributed by atoms with E-state index in [4.69, 9.17) is 23.2 Å². The second-order valence-electron chi connectivity index (χ2n) is 5.95. The van der Waals surface area contributed by atoms with E-state index in [-0.39, 0.29) is 5.92 Å². The van der Waals surface area contributed by atoms with Crippen LogP contribution in [0, 0.1) is 6.92 Å². The predicted octanol–water partition coefficient (Wildman–Crippen LogP) is 4.23. The molecular weight excluding hydrogens is 365 g/mol. The van der Waals surface area contributed by atoms with Gasteiger partial charge in [0.05, 0.1) is 48.8 Å². The van der Waals surface area contributed by atoms with Gasteiger partial charge in [-0.1, -0.05) is 23.2 Å². The first-order chi connectivity index (χ1) is 11.6. The molecular formula is C17H13Cl2N3OS. The van der Waals surface area contributed by atoms with Crippen molar-refractivity contribution in [3.63, 3.8) is 0 Å². The van der Waals surface area contributed by atoms with Crippen molar-refractivity contribution in [1.29, 1.82) is 0 Å². The van der Waals surface area contributed by atoms with E-state index in [0.717, 1.165) is 51.4 Å². The molecule has 0 bridgehead atoms. The van der Waals surface area contributed by atoms with Crippen LogP contribution in [0.3, 0.4) is 0 Å². The first kappa shape index (κ1) is 15.8. The Morgan fingerprint density at radius 1 is 1.25 bits per heavy atom. The number of aryl methyl sites for hydroxylation is 1. The number of halogens is 2. The van der Waals surface area contributed by atoms with Crippen molar-refractivity contribution in [3.05, 3.63) is 57.1 Å². The third kappa shape index (κ3) is 2.57. The summed E-state index contributed by atoms with van der Waals surface area (Å²) < 4.78 is 11.4. The van der Waals surface area contributed by atoms with E-state index in [1.54, 1.807) is 12.1 Å². The summed E-state index contributed by atoms with van der Waals surface area (Å²) in [6, 6.07) is 5.58. The molecule has 0 spiro atoms. The average molecular weight is 378 g/mol. The molecule has 2 heterocycles. The van der Waals surface area contributed by atoms with E-state index in [0.29, 0.717) is 21.3 Å². The number of aromatic nitrogens is 3. The van der Waals surface area contributed by atoms with Gasteiger partial charge in [-0.25, -0.2) is 9.19 Å². The van der Waals surface area contributed by atoms with Gasteiger partial charge in [0.15, 0.2) is 0 Å². The highest BCUT2D eigenvalue weighted by atomic mass is 35.5. The molecule has 0 saturated heterocycles. The number of hydrogen-bond donors (Lipinski definition) is 1. The summed E-state index contributed by atoms with van der Waals surface area (Å²) in [5.74, 6) is 0.859. The van der Waals surface area contributed by atoms with Gasteiger partial charge in [-0.2, -0.15) is 0 Å². The zero-order valence-electron chi connectivity index (χ0n) is 12.8. The molecule has 122 valence electrons. The summed E-state index contributed by atoms with van der Waals surface area (Å²) in [4.78, 5) is 13.5. The minimum Gasteiger partial charge on any atom is -0.341 e. The number of aromatic amines is 1. The second-order valence-corrected chi connectivity index (χ2v) is 7.42. The second kappa shape index (κ2) is 5.99. The fraction of sp³-hybridized carbons (Fsp3) is 0.235. The smallest absolute Gasteiger partial charge is 0.116 e. The maximum atomic E-state index is 11.4. The van der Waals surface area contributed by atoms with Gasteiger partial charge in [0.1, 0.15) is 5.82 Å². The Kier molecular flexibility index (Phi) is 3.95. The third-order valence-corrected chi connectivity index (χ3v) is 5.67. The van der Waals surface area contributed by atoms with Gasteiger partial charge in [-0.05, 0) is 43.5 Å². The number of rotatable bonds is 1. The Morgan fingerprint density at radius 3 is 2.83 bits per heavy atom. The van der Waals surface area contributed by atoms with Crippen LogP contribution in [0.2, 0.25) is 10.0 Å². The summed E-state index contributed by atoms with van der Waals surface area (Å²) in [5, 5.41) is 0.980. The van der Waals surface area contributed by atoms with E-state index >= 15 is 0 Å². The van der Waals surface area contributed by atoms with Crippen molar-refractivity contribution in [2.75, 3.05) is 0 Å². The van der Waals surface area contributed by atoms with E-state index in [9.17, 15) is 4.21 Å². The molecule has 2 aromatic heterocycles. The van der Waals surface area contributed by atoms with Gasteiger partial charge in [-0.3, -0.25) is 4.98 Å². The van der Waals surface area contributed by atoms with Crippen LogP contribution in [-0.2, 0) is 11.3 Å². The zero-order chi connectivity index (χ0) is 16.8. The summed E-state index contributed by atoms with van der Waals surface area (Å²) in [5.41, 5.74) is 4.52. The van der Waals surface area contributed by atoms with Crippen molar-refractivity contribution >= 4 is 50.4 Å². The maximum Gasteiger partial charge on any atom is 0.116 e. The monoisotopic (exact) mass is 377 g/mol. The number of nitrogens with zero attached hydrogens (tertiary/aromatic N) is 2. The highest BCUT2D eigenvalue weighted by Gasteiger charge is 2.29. The first-order valence-electron chi connectivity index (χ1n) is 7.54. The lowest BCUT2D eigenvalue weighted by Gasteiger charge is -2.23. The van der Waals surface area contributed by atoms with Crippen LogP contribution in [0.1, 0.15) is 41.4 Å². The third-order valence-electron chi connectivity index (χ3n) is 4.32. The Bertz CT molecular complexity index is 985. The normalized spacial score (nSPS) is 17.1. The number of benzene rings is 1. The molecule has 7 heteroatoms. The van der Waals surface area contributed by atoms with Gasteiger partial charge in [0.25, 0.3) is 0 Å². The van der Waals surface area contributed by atoms with Crippen LogP contribution in [-0.4, -0.2) is 24.0 Å². The van der Waals surface area contributed by atoms with Crippen LogP contribution in [0.25, 0.3) is 11.0 Å². The molecule has 0 amide bonds. The molecule has 1 aliphatic rings. The average Bonchev–Trinajstić information content (AvgIpc) is 2.96. The van der Waals surface area contributed by atoms with Crippen LogP contribution in [0.4, 0.5) is 0 Å². The lowest BCUT2D eigenvalue weighted by atomic mass is 9.85. The lowest BCUT2D eigenvalue weighted by molar-refractivity contribution is 0.667. The highest BCUT2D eigenvalue weighted by molar-refractivity contribution is 7.67. The molecule has 4 rings (SSSR count). The molecule has 0 fully saturated rings. The quantitative estimate of drug-likeness (QED) is 0.645. The SMILES string of the molecule is Cc1cnc2c(c1)C(=S=O)CCC2c1nc2cc(Cl)c(Cl)cc2[nH]1. The first-order valence-corrected chi connectivity index (χ1v) is 9.04. The van der Waals surface area contributed by atoms with Gasteiger partial charge in [0.2, 0.25) is 0 Å². The molecule has 1 atom stereocenters. The minimum atomic E-state index is 0.0291. The van der Waals surface area contributed by atoms with Crippen LogP contribution < -0.4 is 0 Å². The minimum absolute atomic E-state index is 0.0291. The number of hydrogen-bond acceptors (Lipinski definition) is 3. The van der Waals surface area contributed by atoms with Gasteiger partial charge in [-0.15, -0.1) is 0 Å². The fourth-order valence-corrected chi connectivity index (χ4v) is 3.95. The lowest BCUT2D eigenvalue weighted by Crippen LogP contribution is -2.20. The number of fused-ring (bicyclic) bond motifs is 2. The molecule has 4 nitrogen and oxygen atoms in total. The summed E-state index contributed by atoms with van der Waals surface area (Å²) >= 11 is 12.7. The molecule has 1 aliphatic carbocycles. The van der Waals surface area contributed by atoms with E-state index < -0.39 is 0 Å². The Morgan fingerprint density at radius 2 is 2.04 bits per heavy atom. The largest absolute Gasteiger partial charge is 0.341 e. The summed E-state index contributed by atoms with van der Waals surface area (Å²) in [6.07, 6.45) is 3.37. The highest BCUT2D eigenvalue weighted by Crippen LogP contribution is 2.36. The number of pyridine rings is 1. The summed E-state index contributed by atoms with van der Waals surface area (Å²) in [6.45, 7) is 1.98. The Hall–Kier alpha value is -1.69. The van der Waals surface area contributed by atoms with Crippen LogP contribution >= 0.6 is 23.2 Å². The van der Waals surface area contributed by atoms with Gasteiger partial charge < -0.3 is 4.98 Å². The topological polar surface area (TPSA) is 58.6 Å². The summed E-state index contributed by atoms with van der Waals surface area (Å²) in [7, 11) is 0. The van der Waals surface area contributed by atoms with Crippen molar-refractivity contribution in [3.8, 4) is 0 Å². The fourth-order valence-electron chi connectivity index (χ4n) is 3.17. The van der Waals surface area contributed by atoms with Crippen molar-refractivity contribution in [2.45, 2.75) is 25.7 Å². The number of nitrogens with one attached hydrogen (secondary N) is 1. The van der Waals surface area contributed by atoms with Crippen LogP contribution in [0.5, 0.6) is 0 Å². The van der Waals surface area contributed by atoms with E-state index in [1.807, 2.05) is 19.2 Å². The molecule has 1 N–H and O–H groups in total. The molecule has 0 radical (unpaired) electrons. The molecule has 24 heavy (non-hydrogen) atoms. The zero-order valence-corrected chi connectivity index (χ0v) is 15.1. The molecule has 1 unspecified atom stereocenters. The van der Waals surface area contributed by atoms with Crippen LogP contribution in [0.15, 0.2) is 24.4 Å². The van der Waals surface area contributed by atoms with E-state index in [1.165, 1.54) is 0 Å². The van der Waals surface area contributed by atoms with E-state index in [2.05, 4.69) is 15.0 Å². The predicted molar refractivity (Wildman–Crippen MR) is 98.4 cm³/mol. The van der Waals surface area contributed by atoms with Crippen molar-refractivity contribution < 1.29 is 4.21 Å². The van der Waals surface area contributed by atoms with Crippen molar-refractivity contribution in [2.24, 2.45) is 0 Å². The maximum absolute atomic E-state index is 11.4. The molecule has 1 aromatic carbocycles. The Balaban J connectivity index is 1.87. The molecule has 0 aliphatic heterocycles. The Labute approximate surface area is 152 Å². The number of imidazole rings is 1. The standard InChI is InChI=1S/C17H13Cl2N3OS/c1-8-4-10-15(24-23)3-2-9(16(10)20-7-8)17-21-13-5-11(18)12(19)6-14(13)22-17/h4-7,9H,2-3H2,1H3,(H,21,22).